The Bertz CT molecular complexity index is 1490. The van der Waals surface area contributed by atoms with Gasteiger partial charge in [-0.05, 0) is 97.4 Å². The molecule has 0 saturated heterocycles. The Morgan fingerprint density at radius 3 is 2.31 bits per heavy atom. The van der Waals surface area contributed by atoms with E-state index in [1.54, 1.807) is 11.9 Å². The number of ketones is 2. The van der Waals surface area contributed by atoms with Crippen LogP contribution in [0.25, 0.3) is 0 Å². The van der Waals surface area contributed by atoms with E-state index in [1.807, 2.05) is 32.1 Å². The first-order chi connectivity index (χ1) is 19.6. The third-order valence-corrected chi connectivity index (χ3v) is 13.5. The lowest BCUT2D eigenvalue weighted by molar-refractivity contribution is -0.132. The number of carbonyl (C=O) groups is 2. The molecule has 1 aromatic carbocycles. The number of nitrogens with zero attached hydrogens (tertiary/aromatic N) is 1. The molecule has 0 bridgehead atoms. The molecule has 0 radical (unpaired) electrons. The number of nitrogens with one attached hydrogen (secondary N) is 1. The van der Waals surface area contributed by atoms with Crippen LogP contribution in [0.4, 0.5) is 0 Å². The first-order valence-electron chi connectivity index (χ1n) is 15.8. The van der Waals surface area contributed by atoms with Crippen molar-refractivity contribution in [3.63, 3.8) is 0 Å². The molecular formula is C37H46N2O2S. The topological polar surface area (TPSA) is 70.0 Å². The number of carbonyl (C=O) groups excluding carboxylic acids is 2. The molecule has 222 valence electrons. The molecule has 6 rings (SSSR count). The lowest BCUT2D eigenvalue weighted by Gasteiger charge is -2.65. The zero-order chi connectivity index (χ0) is 30.3. The Morgan fingerprint density at radius 2 is 1.62 bits per heavy atom. The van der Waals surface area contributed by atoms with Crippen LogP contribution >= 0.6 is 11.9 Å². The van der Waals surface area contributed by atoms with Gasteiger partial charge in [-0.1, -0.05) is 78.3 Å². The molecule has 4 nitrogen and oxygen atoms in total. The van der Waals surface area contributed by atoms with E-state index in [9.17, 15) is 14.9 Å². The minimum atomic E-state index is -0.642. The predicted molar refractivity (Wildman–Crippen MR) is 169 cm³/mol. The van der Waals surface area contributed by atoms with Crippen molar-refractivity contribution in [2.75, 3.05) is 6.54 Å². The van der Waals surface area contributed by atoms with E-state index in [0.717, 1.165) is 62.6 Å². The molecule has 1 unspecified atom stereocenters. The molecule has 2 fully saturated rings. The molecule has 42 heavy (non-hydrogen) atoms. The van der Waals surface area contributed by atoms with Crippen molar-refractivity contribution in [1.82, 2.24) is 4.72 Å². The van der Waals surface area contributed by atoms with Gasteiger partial charge < -0.3 is 0 Å². The summed E-state index contributed by atoms with van der Waals surface area (Å²) in [5.74, 6) is 0.177. The molecule has 1 N–H and O–H groups in total. The highest BCUT2D eigenvalue weighted by atomic mass is 32.2. The highest BCUT2D eigenvalue weighted by molar-refractivity contribution is 7.97. The molecule has 0 heterocycles. The number of fused-ring (bicyclic) bond motifs is 6. The quantitative estimate of drug-likeness (QED) is 0.360. The van der Waals surface area contributed by atoms with Gasteiger partial charge in [0.25, 0.3) is 0 Å². The maximum absolute atomic E-state index is 14.6. The third kappa shape index (κ3) is 4.04. The van der Waals surface area contributed by atoms with E-state index < -0.39 is 10.8 Å². The highest BCUT2D eigenvalue weighted by Crippen LogP contribution is 2.73. The Kier molecular flexibility index (Phi) is 6.73. The second kappa shape index (κ2) is 9.54. The lowest BCUT2D eigenvalue weighted by Crippen LogP contribution is -2.60. The zero-order valence-corrected chi connectivity index (χ0v) is 27.3. The maximum atomic E-state index is 14.6. The molecule has 5 aliphatic carbocycles. The Morgan fingerprint density at radius 1 is 0.929 bits per heavy atom. The average molecular weight is 583 g/mol. The second-order valence-electron chi connectivity index (χ2n) is 15.9. The molecule has 1 aromatic rings. The summed E-state index contributed by atoms with van der Waals surface area (Å²) in [5, 5.41) is 9.96. The largest absolute Gasteiger partial charge is 0.293 e. The highest BCUT2D eigenvalue weighted by Gasteiger charge is 2.66. The third-order valence-electron chi connectivity index (χ3n) is 12.7. The number of rotatable bonds is 4. The summed E-state index contributed by atoms with van der Waals surface area (Å²) >= 11 is 1.70. The van der Waals surface area contributed by atoms with Crippen LogP contribution in [0.15, 0.2) is 69.7 Å². The van der Waals surface area contributed by atoms with Crippen LogP contribution in [0.2, 0.25) is 0 Å². The van der Waals surface area contributed by atoms with Gasteiger partial charge in [-0.3, -0.25) is 14.3 Å². The Labute approximate surface area is 256 Å². The molecule has 0 aromatic heterocycles. The molecule has 5 heteroatoms. The Hall–Kier alpha value is -2.42. The molecular weight excluding hydrogens is 536 g/mol. The van der Waals surface area contributed by atoms with Gasteiger partial charge in [-0.25, -0.2) is 0 Å². The van der Waals surface area contributed by atoms with Gasteiger partial charge in [0.1, 0.15) is 6.07 Å². The van der Waals surface area contributed by atoms with E-state index in [0.29, 0.717) is 0 Å². The van der Waals surface area contributed by atoms with Crippen molar-refractivity contribution in [3.05, 3.63) is 64.8 Å². The van der Waals surface area contributed by atoms with E-state index in [1.165, 1.54) is 10.5 Å². The number of hydrogen-bond donors (Lipinski definition) is 1. The van der Waals surface area contributed by atoms with Crippen LogP contribution in [0.3, 0.4) is 0 Å². The average Bonchev–Trinajstić information content (AvgIpc) is 2.93. The van der Waals surface area contributed by atoms with Crippen molar-refractivity contribution >= 4 is 23.5 Å². The fraction of sp³-hybridized carbons (Fsp3) is 0.595. The lowest BCUT2D eigenvalue weighted by atomic mass is 9.37. The minimum Gasteiger partial charge on any atom is -0.293 e. The molecule has 0 amide bonds. The second-order valence-corrected chi connectivity index (χ2v) is 16.9. The number of nitriles is 1. The number of allylic oxidation sites excluding steroid dienone is 5. The summed E-state index contributed by atoms with van der Waals surface area (Å²) < 4.78 is 3.73. The summed E-state index contributed by atoms with van der Waals surface area (Å²) in [6.45, 7) is 16.6. The standard InChI is InChI=1S/C37H46N2O2S/c1-32(2)15-17-37(23-39-42-25-11-9-8-10-12-25)18-16-36(7)30(26(37)21-32)27(40)19-29-34(5)20-24(22-38)31(41)33(3,4)28(34)13-14-35(29,36)6/h8-12,19-20,28,39H,13-18,21,23H2,1-7H3/t28-,34-,35+,36+,37?/m0/s1. The number of benzene rings is 1. The van der Waals surface area contributed by atoms with Gasteiger partial charge in [0, 0.05) is 38.7 Å². The van der Waals surface area contributed by atoms with Gasteiger partial charge >= 0.3 is 0 Å². The summed E-state index contributed by atoms with van der Waals surface area (Å²) in [6.07, 6.45) is 11.0. The van der Waals surface area contributed by atoms with E-state index in [4.69, 9.17) is 0 Å². The van der Waals surface area contributed by atoms with Crippen LogP contribution in [0.5, 0.6) is 0 Å². The SMILES string of the molecule is CC1(C)CCC2(CNSc3ccccc3)CC[C@]3(C)C(=C2C1)C(=O)C=C1[C@@]2(C)C=C(C#N)C(=O)C(C)(C)[C@@H]2CC[C@]13C. The van der Waals surface area contributed by atoms with Crippen molar-refractivity contribution in [3.8, 4) is 6.07 Å². The first kappa shape index (κ1) is 29.6. The Balaban J connectivity index is 1.48. The van der Waals surface area contributed by atoms with Crippen LogP contribution in [-0.4, -0.2) is 18.1 Å². The van der Waals surface area contributed by atoms with Gasteiger partial charge in [-0.2, -0.15) is 5.26 Å². The van der Waals surface area contributed by atoms with Crippen molar-refractivity contribution < 1.29 is 9.59 Å². The monoisotopic (exact) mass is 582 g/mol. The van der Waals surface area contributed by atoms with Crippen LogP contribution in [0, 0.1) is 49.7 Å². The van der Waals surface area contributed by atoms with Crippen LogP contribution in [-0.2, 0) is 9.59 Å². The van der Waals surface area contributed by atoms with Crippen molar-refractivity contribution in [2.45, 2.75) is 98.3 Å². The van der Waals surface area contributed by atoms with Crippen molar-refractivity contribution in [1.29, 1.82) is 5.26 Å². The zero-order valence-electron chi connectivity index (χ0n) is 26.4. The molecule has 5 aliphatic rings. The van der Waals surface area contributed by atoms with E-state index >= 15 is 0 Å². The van der Waals surface area contributed by atoms with Gasteiger partial charge in [-0.15, -0.1) is 0 Å². The fourth-order valence-corrected chi connectivity index (χ4v) is 10.9. The molecule has 0 aliphatic heterocycles. The van der Waals surface area contributed by atoms with Crippen molar-refractivity contribution in [2.24, 2.45) is 38.4 Å². The summed E-state index contributed by atoms with van der Waals surface area (Å²) in [6, 6.07) is 12.7. The van der Waals surface area contributed by atoms with Gasteiger partial charge in [0.15, 0.2) is 11.6 Å². The fourth-order valence-electron chi connectivity index (χ4n) is 10.0. The van der Waals surface area contributed by atoms with Gasteiger partial charge in [0.05, 0.1) is 5.57 Å². The normalized spacial score (nSPS) is 38.3. The van der Waals surface area contributed by atoms with E-state index in [2.05, 4.69) is 69.7 Å². The summed E-state index contributed by atoms with van der Waals surface area (Å²) in [4.78, 5) is 29.1. The summed E-state index contributed by atoms with van der Waals surface area (Å²) in [5.41, 5.74) is 2.37. The first-order valence-corrected chi connectivity index (χ1v) is 16.6. The number of Topliss-reactive ketones (excluding diaryl/α,β-unsaturated/α-hetero) is 1. The summed E-state index contributed by atoms with van der Waals surface area (Å²) in [7, 11) is 0. The maximum Gasteiger partial charge on any atom is 0.182 e. The predicted octanol–water partition coefficient (Wildman–Crippen LogP) is 8.57. The molecule has 0 spiro atoms. The minimum absolute atomic E-state index is 0.0161. The van der Waals surface area contributed by atoms with E-state index in [-0.39, 0.29) is 44.7 Å². The smallest absolute Gasteiger partial charge is 0.182 e. The molecule has 5 atom stereocenters. The van der Waals surface area contributed by atoms with Crippen LogP contribution in [0.1, 0.15) is 93.4 Å². The van der Waals surface area contributed by atoms with Gasteiger partial charge in [0.2, 0.25) is 0 Å². The number of hydrogen-bond acceptors (Lipinski definition) is 5. The molecule has 2 saturated carbocycles. The van der Waals surface area contributed by atoms with Crippen LogP contribution < -0.4 is 4.72 Å².